The summed E-state index contributed by atoms with van der Waals surface area (Å²) in [6.07, 6.45) is 2.89. The molecule has 1 heterocycles. The number of fused-ring (bicyclic) bond motifs is 1. The van der Waals surface area contributed by atoms with Gasteiger partial charge in [0.05, 0.1) is 11.2 Å². The van der Waals surface area contributed by atoms with Crippen molar-refractivity contribution in [2.45, 2.75) is 13.8 Å². The summed E-state index contributed by atoms with van der Waals surface area (Å²) in [4.78, 5) is 40.2. The van der Waals surface area contributed by atoms with Crippen LogP contribution in [0.2, 0.25) is 0 Å². The van der Waals surface area contributed by atoms with Gasteiger partial charge in [-0.3, -0.25) is 19.4 Å². The molecule has 2 aromatic carbocycles. The van der Waals surface area contributed by atoms with E-state index in [1.165, 1.54) is 13.0 Å². The number of hydrogen-bond donors (Lipinski definition) is 2. The van der Waals surface area contributed by atoms with Crippen molar-refractivity contribution in [2.24, 2.45) is 0 Å². The van der Waals surface area contributed by atoms with Gasteiger partial charge < -0.3 is 10.6 Å². The molecule has 0 saturated carbocycles. The van der Waals surface area contributed by atoms with Crippen LogP contribution in [0.5, 0.6) is 0 Å². The summed E-state index contributed by atoms with van der Waals surface area (Å²) in [7, 11) is 0. The Kier molecular flexibility index (Phi) is 5.60. The third kappa shape index (κ3) is 4.48. The molecule has 28 heavy (non-hydrogen) atoms. The summed E-state index contributed by atoms with van der Waals surface area (Å²) in [5.74, 6) is -0.868. The number of ketones is 1. The van der Waals surface area contributed by atoms with Gasteiger partial charge in [0.1, 0.15) is 0 Å². The molecule has 0 saturated heterocycles. The number of carbonyl (C=O) groups excluding carboxylic acids is 3. The lowest BCUT2D eigenvalue weighted by Gasteiger charge is -2.08. The Bertz CT molecular complexity index is 1080. The van der Waals surface area contributed by atoms with Crippen molar-refractivity contribution in [3.05, 3.63) is 78.0 Å². The number of anilines is 2. The number of para-hydroxylation sites is 1. The molecule has 0 atom stereocenters. The standard InChI is InChI=1S/C22H19N3O3/c1-14(13-20(27)24-18-10-8-16(9-11-18)15(2)26)22(28)25-19-7-3-5-17-6-4-12-23-21(17)19/h3-13H,1-2H3,(H,24,27)(H,25,28)/b14-13+. The van der Waals surface area contributed by atoms with E-state index < -0.39 is 5.91 Å². The Labute approximate surface area is 162 Å². The van der Waals surface area contributed by atoms with Crippen molar-refractivity contribution in [2.75, 3.05) is 10.6 Å². The summed E-state index contributed by atoms with van der Waals surface area (Å²) in [5, 5.41) is 6.37. The van der Waals surface area contributed by atoms with Crippen LogP contribution in [0.15, 0.2) is 72.4 Å². The number of amides is 2. The van der Waals surface area contributed by atoms with E-state index in [1.807, 2.05) is 24.3 Å². The van der Waals surface area contributed by atoms with Crippen molar-refractivity contribution in [1.29, 1.82) is 0 Å². The van der Waals surface area contributed by atoms with Crippen LogP contribution < -0.4 is 10.6 Å². The van der Waals surface area contributed by atoms with Gasteiger partial charge in [-0.1, -0.05) is 18.2 Å². The van der Waals surface area contributed by atoms with Gasteiger partial charge in [-0.15, -0.1) is 0 Å². The Morgan fingerprint density at radius 3 is 2.32 bits per heavy atom. The molecule has 140 valence electrons. The number of nitrogens with one attached hydrogen (secondary N) is 2. The minimum absolute atomic E-state index is 0.0480. The first-order chi connectivity index (χ1) is 13.4. The number of hydrogen-bond acceptors (Lipinski definition) is 4. The molecule has 0 spiro atoms. The largest absolute Gasteiger partial charge is 0.323 e. The van der Waals surface area contributed by atoms with E-state index in [1.54, 1.807) is 43.5 Å². The quantitative estimate of drug-likeness (QED) is 0.523. The molecule has 6 heteroatoms. The SMILES string of the molecule is CC(=O)c1ccc(NC(=O)/C=C(\C)C(=O)Nc2cccc3cccnc23)cc1. The van der Waals surface area contributed by atoms with Crippen LogP contribution in [0.1, 0.15) is 24.2 Å². The maximum Gasteiger partial charge on any atom is 0.251 e. The molecule has 0 unspecified atom stereocenters. The summed E-state index contributed by atoms with van der Waals surface area (Å²) < 4.78 is 0. The summed E-state index contributed by atoms with van der Waals surface area (Å²) in [6, 6.07) is 15.8. The molecule has 0 radical (unpaired) electrons. The van der Waals surface area contributed by atoms with E-state index in [-0.39, 0.29) is 17.3 Å². The van der Waals surface area contributed by atoms with Crippen molar-refractivity contribution in [1.82, 2.24) is 4.98 Å². The lowest BCUT2D eigenvalue weighted by molar-refractivity contribution is -0.114. The Morgan fingerprint density at radius 2 is 1.61 bits per heavy atom. The molecule has 0 aliphatic rings. The van der Waals surface area contributed by atoms with Gasteiger partial charge in [-0.2, -0.15) is 0 Å². The molecule has 0 fully saturated rings. The average molecular weight is 373 g/mol. The number of benzene rings is 2. The predicted molar refractivity (Wildman–Crippen MR) is 109 cm³/mol. The first-order valence-electron chi connectivity index (χ1n) is 8.69. The molecule has 6 nitrogen and oxygen atoms in total. The number of rotatable bonds is 5. The third-order valence-electron chi connectivity index (χ3n) is 4.15. The fraction of sp³-hybridized carbons (Fsp3) is 0.0909. The zero-order valence-corrected chi connectivity index (χ0v) is 15.5. The van der Waals surface area contributed by atoms with Crippen molar-refractivity contribution in [3.8, 4) is 0 Å². The number of Topliss-reactive ketones (excluding diaryl/α,β-unsaturated/α-hetero) is 1. The second-order valence-electron chi connectivity index (χ2n) is 6.28. The van der Waals surface area contributed by atoms with Gasteiger partial charge in [0, 0.05) is 34.5 Å². The topological polar surface area (TPSA) is 88.2 Å². The van der Waals surface area contributed by atoms with Crippen LogP contribution in [-0.2, 0) is 9.59 Å². The van der Waals surface area contributed by atoms with E-state index in [0.717, 1.165) is 5.39 Å². The monoisotopic (exact) mass is 373 g/mol. The van der Waals surface area contributed by atoms with Gasteiger partial charge >= 0.3 is 0 Å². The molecule has 3 aromatic rings. The molecule has 0 aliphatic carbocycles. The summed E-state index contributed by atoms with van der Waals surface area (Å²) in [6.45, 7) is 3.04. The van der Waals surface area contributed by atoms with Crippen LogP contribution in [-0.4, -0.2) is 22.6 Å². The Morgan fingerprint density at radius 1 is 0.893 bits per heavy atom. The van der Waals surface area contributed by atoms with E-state index in [9.17, 15) is 14.4 Å². The summed E-state index contributed by atoms with van der Waals surface area (Å²) in [5.41, 5.74) is 2.62. The summed E-state index contributed by atoms with van der Waals surface area (Å²) >= 11 is 0. The van der Waals surface area contributed by atoms with Crippen molar-refractivity contribution < 1.29 is 14.4 Å². The van der Waals surface area contributed by atoms with Gasteiger partial charge in [0.25, 0.3) is 5.91 Å². The zero-order chi connectivity index (χ0) is 20.1. The van der Waals surface area contributed by atoms with Crippen LogP contribution >= 0.6 is 0 Å². The lowest BCUT2D eigenvalue weighted by Crippen LogP contribution is -2.16. The molecule has 0 bridgehead atoms. The molecule has 2 N–H and O–H groups in total. The highest BCUT2D eigenvalue weighted by Gasteiger charge is 2.10. The Hall–Kier alpha value is -3.80. The molecule has 0 aliphatic heterocycles. The number of carbonyl (C=O) groups is 3. The van der Waals surface area contributed by atoms with Crippen LogP contribution in [0.25, 0.3) is 10.9 Å². The van der Waals surface area contributed by atoms with E-state index in [4.69, 9.17) is 0 Å². The smallest absolute Gasteiger partial charge is 0.251 e. The maximum atomic E-state index is 12.4. The highest BCUT2D eigenvalue weighted by atomic mass is 16.2. The predicted octanol–water partition coefficient (Wildman–Crippen LogP) is 3.96. The first kappa shape index (κ1) is 19.0. The molecular formula is C22H19N3O3. The van der Waals surface area contributed by atoms with Crippen molar-refractivity contribution in [3.63, 3.8) is 0 Å². The second kappa shape index (κ2) is 8.26. The van der Waals surface area contributed by atoms with Crippen LogP contribution in [0, 0.1) is 0 Å². The minimum atomic E-state index is -0.431. The zero-order valence-electron chi connectivity index (χ0n) is 15.5. The van der Waals surface area contributed by atoms with Crippen LogP contribution in [0.3, 0.4) is 0 Å². The van der Waals surface area contributed by atoms with E-state index in [2.05, 4.69) is 15.6 Å². The van der Waals surface area contributed by atoms with Gasteiger partial charge in [-0.25, -0.2) is 0 Å². The van der Waals surface area contributed by atoms with Crippen molar-refractivity contribution >= 4 is 39.9 Å². The normalized spacial score (nSPS) is 11.1. The maximum absolute atomic E-state index is 12.4. The number of nitrogens with zero attached hydrogens (tertiary/aromatic N) is 1. The minimum Gasteiger partial charge on any atom is -0.323 e. The third-order valence-corrected chi connectivity index (χ3v) is 4.15. The van der Waals surface area contributed by atoms with Gasteiger partial charge in [0.15, 0.2) is 5.78 Å². The van der Waals surface area contributed by atoms with E-state index in [0.29, 0.717) is 22.5 Å². The highest BCUT2D eigenvalue weighted by molar-refractivity contribution is 6.12. The Balaban J connectivity index is 1.68. The fourth-order valence-corrected chi connectivity index (χ4v) is 2.65. The first-order valence-corrected chi connectivity index (χ1v) is 8.69. The lowest BCUT2D eigenvalue weighted by atomic mass is 10.1. The molecule has 1 aromatic heterocycles. The average Bonchev–Trinajstić information content (AvgIpc) is 2.68. The molecule has 2 amide bonds. The van der Waals surface area contributed by atoms with Gasteiger partial charge in [-0.05, 0) is 50.2 Å². The van der Waals surface area contributed by atoms with Gasteiger partial charge in [0.2, 0.25) is 5.91 Å². The number of pyridine rings is 1. The second-order valence-corrected chi connectivity index (χ2v) is 6.28. The fourth-order valence-electron chi connectivity index (χ4n) is 2.65. The molecule has 3 rings (SSSR count). The van der Waals surface area contributed by atoms with Crippen LogP contribution in [0.4, 0.5) is 11.4 Å². The number of aromatic nitrogens is 1. The molecular weight excluding hydrogens is 354 g/mol. The highest BCUT2D eigenvalue weighted by Crippen LogP contribution is 2.21. The van der Waals surface area contributed by atoms with E-state index >= 15 is 0 Å².